The van der Waals surface area contributed by atoms with Crippen molar-refractivity contribution in [1.29, 1.82) is 0 Å². The largest absolute Gasteiger partial charge is 0.489 e. The van der Waals surface area contributed by atoms with Gasteiger partial charge in [-0.1, -0.05) is 30.9 Å². The van der Waals surface area contributed by atoms with Gasteiger partial charge in [-0.2, -0.15) is 0 Å². The van der Waals surface area contributed by atoms with Crippen molar-refractivity contribution < 1.29 is 4.74 Å². The van der Waals surface area contributed by atoms with E-state index in [2.05, 4.69) is 35.0 Å². The third kappa shape index (κ3) is 2.89. The second kappa shape index (κ2) is 5.98. The van der Waals surface area contributed by atoms with Crippen molar-refractivity contribution in [3.05, 3.63) is 42.5 Å². The van der Waals surface area contributed by atoms with Crippen LogP contribution in [-0.2, 0) is 6.54 Å². The van der Waals surface area contributed by atoms with Crippen LogP contribution in [0, 0.1) is 5.41 Å². The molecule has 2 aliphatic heterocycles. The second-order valence-corrected chi connectivity index (χ2v) is 6.09. The fourth-order valence-corrected chi connectivity index (χ4v) is 3.47. The molecule has 0 radical (unpaired) electrons. The van der Waals surface area contributed by atoms with Crippen LogP contribution in [0.3, 0.4) is 0 Å². The highest BCUT2D eigenvalue weighted by Gasteiger charge is 2.40. The van der Waals surface area contributed by atoms with E-state index in [1.165, 1.54) is 44.6 Å². The molecule has 0 bridgehead atoms. The molecule has 0 aromatic heterocycles. The quantitative estimate of drug-likeness (QED) is 0.833. The van der Waals surface area contributed by atoms with Gasteiger partial charge in [0.15, 0.2) is 0 Å². The standard InChI is InChI=1S/C17H24N2O/c1-2-11-20-16-6-4-3-5-15(16)12-19-10-8-17(14-19)7-9-18-13-17/h2-6,18H,1,7-14H2. The SMILES string of the molecule is C=CCOc1ccccc1CN1CCC2(CCNC2)C1. The van der Waals surface area contributed by atoms with Gasteiger partial charge in [0, 0.05) is 25.2 Å². The predicted molar refractivity (Wildman–Crippen MR) is 81.9 cm³/mol. The minimum absolute atomic E-state index is 0.539. The summed E-state index contributed by atoms with van der Waals surface area (Å²) in [5.74, 6) is 0.998. The van der Waals surface area contributed by atoms with E-state index < -0.39 is 0 Å². The average Bonchev–Trinajstić information content (AvgIpc) is 3.09. The molecule has 1 aromatic rings. The number of hydrogen-bond donors (Lipinski definition) is 1. The van der Waals surface area contributed by atoms with Gasteiger partial charge in [0.05, 0.1) is 0 Å². The highest BCUT2D eigenvalue weighted by atomic mass is 16.5. The lowest BCUT2D eigenvalue weighted by Crippen LogP contribution is -2.29. The summed E-state index contributed by atoms with van der Waals surface area (Å²) in [6, 6.07) is 8.37. The van der Waals surface area contributed by atoms with E-state index in [-0.39, 0.29) is 0 Å². The van der Waals surface area contributed by atoms with Crippen LogP contribution >= 0.6 is 0 Å². The van der Waals surface area contributed by atoms with Gasteiger partial charge in [0.1, 0.15) is 12.4 Å². The summed E-state index contributed by atoms with van der Waals surface area (Å²) < 4.78 is 5.76. The van der Waals surface area contributed by atoms with E-state index in [4.69, 9.17) is 4.74 Å². The first-order valence-electron chi connectivity index (χ1n) is 7.56. The summed E-state index contributed by atoms with van der Waals surface area (Å²) in [6.45, 7) is 10.1. The highest BCUT2D eigenvalue weighted by Crippen LogP contribution is 2.37. The summed E-state index contributed by atoms with van der Waals surface area (Å²) in [6.07, 6.45) is 4.46. The zero-order chi connectivity index (χ0) is 13.8. The molecule has 3 rings (SSSR count). The van der Waals surface area contributed by atoms with Crippen molar-refractivity contribution in [3.8, 4) is 5.75 Å². The molecule has 2 saturated heterocycles. The summed E-state index contributed by atoms with van der Waals surface area (Å²) in [5.41, 5.74) is 1.83. The maximum atomic E-state index is 5.76. The molecule has 1 atom stereocenters. The van der Waals surface area contributed by atoms with Crippen LogP contribution in [0.4, 0.5) is 0 Å². The van der Waals surface area contributed by atoms with Gasteiger partial charge in [-0.05, 0) is 37.4 Å². The first kappa shape index (κ1) is 13.7. The Morgan fingerprint density at radius 3 is 3.05 bits per heavy atom. The highest BCUT2D eigenvalue weighted by molar-refractivity contribution is 5.33. The Bertz CT molecular complexity index is 466. The topological polar surface area (TPSA) is 24.5 Å². The van der Waals surface area contributed by atoms with E-state index >= 15 is 0 Å². The molecule has 108 valence electrons. The van der Waals surface area contributed by atoms with Gasteiger partial charge in [-0.25, -0.2) is 0 Å². The number of rotatable bonds is 5. The molecule has 0 saturated carbocycles. The van der Waals surface area contributed by atoms with Gasteiger partial charge in [-0.15, -0.1) is 0 Å². The van der Waals surface area contributed by atoms with E-state index in [1.807, 2.05) is 6.07 Å². The molecule has 1 N–H and O–H groups in total. The van der Waals surface area contributed by atoms with Crippen LogP contribution in [0.5, 0.6) is 5.75 Å². The van der Waals surface area contributed by atoms with E-state index in [9.17, 15) is 0 Å². The average molecular weight is 272 g/mol. The monoisotopic (exact) mass is 272 g/mol. The Morgan fingerprint density at radius 1 is 1.35 bits per heavy atom. The first-order valence-corrected chi connectivity index (χ1v) is 7.56. The number of nitrogens with zero attached hydrogens (tertiary/aromatic N) is 1. The minimum Gasteiger partial charge on any atom is -0.489 e. The summed E-state index contributed by atoms with van der Waals surface area (Å²) >= 11 is 0. The number of nitrogens with one attached hydrogen (secondary N) is 1. The molecule has 1 spiro atoms. The predicted octanol–water partition coefficient (Wildman–Crippen LogP) is 2.44. The fourth-order valence-electron chi connectivity index (χ4n) is 3.47. The molecule has 1 aromatic carbocycles. The lowest BCUT2D eigenvalue weighted by atomic mass is 9.86. The summed E-state index contributed by atoms with van der Waals surface area (Å²) in [4.78, 5) is 2.57. The Morgan fingerprint density at radius 2 is 2.25 bits per heavy atom. The van der Waals surface area contributed by atoms with Crippen molar-refractivity contribution in [2.45, 2.75) is 19.4 Å². The van der Waals surface area contributed by atoms with Crippen LogP contribution in [0.2, 0.25) is 0 Å². The van der Waals surface area contributed by atoms with E-state index in [0.29, 0.717) is 12.0 Å². The zero-order valence-corrected chi connectivity index (χ0v) is 12.1. The molecule has 1 unspecified atom stereocenters. The van der Waals surface area contributed by atoms with Crippen LogP contribution in [0.15, 0.2) is 36.9 Å². The van der Waals surface area contributed by atoms with Crippen molar-refractivity contribution in [2.24, 2.45) is 5.41 Å². The van der Waals surface area contributed by atoms with Gasteiger partial charge < -0.3 is 10.1 Å². The van der Waals surface area contributed by atoms with Crippen LogP contribution in [0.1, 0.15) is 18.4 Å². The van der Waals surface area contributed by atoms with Crippen molar-refractivity contribution in [3.63, 3.8) is 0 Å². The maximum absolute atomic E-state index is 5.76. The molecule has 0 aliphatic carbocycles. The van der Waals surface area contributed by atoms with E-state index in [1.54, 1.807) is 6.08 Å². The number of hydrogen-bond acceptors (Lipinski definition) is 3. The normalized spacial score (nSPS) is 26.2. The second-order valence-electron chi connectivity index (χ2n) is 6.09. The van der Waals surface area contributed by atoms with Gasteiger partial charge in [0.2, 0.25) is 0 Å². The number of para-hydroxylation sites is 1. The smallest absolute Gasteiger partial charge is 0.124 e. The third-order valence-electron chi connectivity index (χ3n) is 4.57. The number of likely N-dealkylation sites (tertiary alicyclic amines) is 1. The maximum Gasteiger partial charge on any atom is 0.124 e. The van der Waals surface area contributed by atoms with Crippen molar-refractivity contribution in [2.75, 3.05) is 32.8 Å². The van der Waals surface area contributed by atoms with Crippen molar-refractivity contribution >= 4 is 0 Å². The minimum atomic E-state index is 0.539. The third-order valence-corrected chi connectivity index (χ3v) is 4.57. The fraction of sp³-hybridized carbons (Fsp3) is 0.529. The number of ether oxygens (including phenoxy) is 1. The first-order chi connectivity index (χ1) is 9.81. The Balaban J connectivity index is 1.64. The summed E-state index contributed by atoms with van der Waals surface area (Å²) in [7, 11) is 0. The van der Waals surface area contributed by atoms with Gasteiger partial charge in [0.25, 0.3) is 0 Å². The molecule has 0 amide bonds. The lowest BCUT2D eigenvalue weighted by molar-refractivity contribution is 0.263. The molecular formula is C17H24N2O. The number of benzene rings is 1. The van der Waals surface area contributed by atoms with Gasteiger partial charge >= 0.3 is 0 Å². The molecule has 2 aliphatic rings. The Labute approximate surface area is 121 Å². The van der Waals surface area contributed by atoms with Crippen LogP contribution < -0.4 is 10.1 Å². The Hall–Kier alpha value is -1.32. The van der Waals surface area contributed by atoms with Crippen LogP contribution in [-0.4, -0.2) is 37.7 Å². The molecule has 20 heavy (non-hydrogen) atoms. The molecular weight excluding hydrogens is 248 g/mol. The van der Waals surface area contributed by atoms with Gasteiger partial charge in [-0.3, -0.25) is 4.90 Å². The molecule has 2 fully saturated rings. The lowest BCUT2D eigenvalue weighted by Gasteiger charge is -2.23. The molecule has 3 nitrogen and oxygen atoms in total. The molecule has 3 heteroatoms. The van der Waals surface area contributed by atoms with Crippen LogP contribution in [0.25, 0.3) is 0 Å². The summed E-state index contributed by atoms with van der Waals surface area (Å²) in [5, 5.41) is 3.52. The van der Waals surface area contributed by atoms with Crippen molar-refractivity contribution in [1.82, 2.24) is 10.2 Å². The molecule has 2 heterocycles. The Kier molecular flexibility index (Phi) is 4.08. The zero-order valence-electron chi connectivity index (χ0n) is 12.1. The van der Waals surface area contributed by atoms with E-state index in [0.717, 1.165) is 12.3 Å².